The standard InChI is InChI=1S/C16H16Cl2N2O4S/c1-20(25(3,22)23)11-5-6-12(13(18)9-11)16(21)19-14-8-10(17)4-7-15(14)24-2/h4-9H,1-3H3,(H,19,21). The molecule has 0 aliphatic rings. The molecule has 2 aromatic rings. The number of amides is 1. The van der Waals surface area contributed by atoms with E-state index in [2.05, 4.69) is 5.32 Å². The van der Waals surface area contributed by atoms with Gasteiger partial charge in [-0.15, -0.1) is 0 Å². The quantitative estimate of drug-likeness (QED) is 0.827. The van der Waals surface area contributed by atoms with Crippen LogP contribution < -0.4 is 14.4 Å². The van der Waals surface area contributed by atoms with Crippen LogP contribution in [0.15, 0.2) is 36.4 Å². The number of sulfonamides is 1. The molecule has 9 heteroatoms. The molecule has 0 aliphatic carbocycles. The number of hydrogen-bond donors (Lipinski definition) is 1. The molecule has 0 aliphatic heterocycles. The minimum Gasteiger partial charge on any atom is -0.495 e. The minimum atomic E-state index is -3.43. The van der Waals surface area contributed by atoms with Gasteiger partial charge in [-0.2, -0.15) is 0 Å². The summed E-state index contributed by atoms with van der Waals surface area (Å²) in [6.45, 7) is 0. The molecule has 0 saturated carbocycles. The van der Waals surface area contributed by atoms with Crippen molar-refractivity contribution < 1.29 is 17.9 Å². The SMILES string of the molecule is COc1ccc(Cl)cc1NC(=O)c1ccc(N(C)S(C)(=O)=O)cc1Cl. The highest BCUT2D eigenvalue weighted by molar-refractivity contribution is 7.92. The fraction of sp³-hybridized carbons (Fsp3) is 0.188. The Kier molecular flexibility index (Phi) is 5.82. The Morgan fingerprint density at radius 1 is 1.16 bits per heavy atom. The predicted octanol–water partition coefficient (Wildman–Crippen LogP) is 3.65. The number of nitrogens with zero attached hydrogens (tertiary/aromatic N) is 1. The molecular weight excluding hydrogens is 387 g/mol. The molecule has 0 heterocycles. The molecular formula is C16H16Cl2N2O4S. The van der Waals surface area contributed by atoms with Crippen LogP contribution in [0.4, 0.5) is 11.4 Å². The van der Waals surface area contributed by atoms with Crippen molar-refractivity contribution in [3.05, 3.63) is 52.0 Å². The Morgan fingerprint density at radius 2 is 1.84 bits per heavy atom. The molecule has 134 valence electrons. The maximum absolute atomic E-state index is 12.5. The van der Waals surface area contributed by atoms with E-state index >= 15 is 0 Å². The lowest BCUT2D eigenvalue weighted by molar-refractivity contribution is 0.102. The maximum atomic E-state index is 12.5. The third kappa shape index (κ3) is 4.56. The molecule has 2 rings (SSSR count). The number of carbonyl (C=O) groups is 1. The smallest absolute Gasteiger partial charge is 0.257 e. The van der Waals surface area contributed by atoms with Crippen LogP contribution in [0.3, 0.4) is 0 Å². The van der Waals surface area contributed by atoms with Crippen LogP contribution in [0.5, 0.6) is 5.75 Å². The van der Waals surface area contributed by atoms with E-state index in [1.807, 2.05) is 0 Å². The third-order valence-electron chi connectivity index (χ3n) is 3.47. The summed E-state index contributed by atoms with van der Waals surface area (Å²) in [6, 6.07) is 9.18. The zero-order valence-electron chi connectivity index (χ0n) is 13.7. The van der Waals surface area contributed by atoms with E-state index < -0.39 is 15.9 Å². The zero-order chi connectivity index (χ0) is 18.8. The van der Waals surface area contributed by atoms with E-state index in [-0.39, 0.29) is 10.6 Å². The van der Waals surface area contributed by atoms with Gasteiger partial charge < -0.3 is 10.1 Å². The molecule has 0 unspecified atom stereocenters. The van der Waals surface area contributed by atoms with E-state index in [9.17, 15) is 13.2 Å². The summed E-state index contributed by atoms with van der Waals surface area (Å²) in [7, 11) is -0.551. The lowest BCUT2D eigenvalue weighted by Gasteiger charge is -2.17. The summed E-state index contributed by atoms with van der Waals surface area (Å²) in [4.78, 5) is 12.5. The molecule has 0 bridgehead atoms. The zero-order valence-corrected chi connectivity index (χ0v) is 16.0. The average Bonchev–Trinajstić information content (AvgIpc) is 2.53. The van der Waals surface area contributed by atoms with Crippen LogP contribution >= 0.6 is 23.2 Å². The summed E-state index contributed by atoms with van der Waals surface area (Å²) < 4.78 is 29.4. The van der Waals surface area contributed by atoms with Crippen LogP contribution in [0.25, 0.3) is 0 Å². The van der Waals surface area contributed by atoms with Crippen molar-refractivity contribution in [2.24, 2.45) is 0 Å². The van der Waals surface area contributed by atoms with Crippen molar-refractivity contribution in [1.29, 1.82) is 0 Å². The van der Waals surface area contributed by atoms with Gasteiger partial charge >= 0.3 is 0 Å². The Hall–Kier alpha value is -1.96. The lowest BCUT2D eigenvalue weighted by atomic mass is 10.2. The van der Waals surface area contributed by atoms with Gasteiger partial charge in [-0.1, -0.05) is 23.2 Å². The molecule has 0 aromatic heterocycles. The molecule has 6 nitrogen and oxygen atoms in total. The first kappa shape index (κ1) is 19.4. The third-order valence-corrected chi connectivity index (χ3v) is 5.22. The number of methoxy groups -OCH3 is 1. The van der Waals surface area contributed by atoms with Crippen molar-refractivity contribution in [3.8, 4) is 5.75 Å². The summed E-state index contributed by atoms with van der Waals surface area (Å²) in [5.41, 5.74) is 0.937. The monoisotopic (exact) mass is 402 g/mol. The van der Waals surface area contributed by atoms with E-state index in [1.54, 1.807) is 18.2 Å². The number of rotatable bonds is 5. The fourth-order valence-electron chi connectivity index (χ4n) is 2.04. The van der Waals surface area contributed by atoms with Crippen molar-refractivity contribution in [1.82, 2.24) is 0 Å². The number of halogens is 2. The summed E-state index contributed by atoms with van der Waals surface area (Å²) >= 11 is 12.1. The topological polar surface area (TPSA) is 75.7 Å². The van der Waals surface area contributed by atoms with Crippen LogP contribution in [0.1, 0.15) is 10.4 Å². The molecule has 25 heavy (non-hydrogen) atoms. The van der Waals surface area contributed by atoms with Gasteiger partial charge in [-0.25, -0.2) is 8.42 Å². The molecule has 2 aromatic carbocycles. The normalized spacial score (nSPS) is 11.1. The molecule has 1 N–H and O–H groups in total. The molecule has 0 spiro atoms. The van der Waals surface area contributed by atoms with E-state index in [4.69, 9.17) is 27.9 Å². The van der Waals surface area contributed by atoms with Crippen molar-refractivity contribution in [2.45, 2.75) is 0 Å². The Morgan fingerprint density at radius 3 is 2.40 bits per heavy atom. The van der Waals surface area contributed by atoms with Crippen LogP contribution in [-0.2, 0) is 10.0 Å². The fourth-order valence-corrected chi connectivity index (χ4v) is 2.97. The van der Waals surface area contributed by atoms with Gasteiger partial charge in [0.25, 0.3) is 5.91 Å². The Bertz CT molecular complexity index is 916. The molecule has 1 amide bonds. The highest BCUT2D eigenvalue weighted by atomic mass is 35.5. The van der Waals surface area contributed by atoms with Gasteiger partial charge in [0.1, 0.15) is 5.75 Å². The second-order valence-electron chi connectivity index (χ2n) is 5.19. The first-order valence-electron chi connectivity index (χ1n) is 7.02. The van der Waals surface area contributed by atoms with Crippen molar-refractivity contribution in [2.75, 3.05) is 30.0 Å². The van der Waals surface area contributed by atoms with Crippen LogP contribution in [-0.4, -0.2) is 34.7 Å². The minimum absolute atomic E-state index is 0.117. The molecule has 0 radical (unpaired) electrons. The number of anilines is 2. The first-order valence-corrected chi connectivity index (χ1v) is 9.62. The van der Waals surface area contributed by atoms with Gasteiger partial charge in [0, 0.05) is 12.1 Å². The number of nitrogens with one attached hydrogen (secondary N) is 1. The number of hydrogen-bond acceptors (Lipinski definition) is 4. The molecule has 0 saturated heterocycles. The van der Waals surface area contributed by atoms with Gasteiger partial charge in [-0.05, 0) is 36.4 Å². The van der Waals surface area contributed by atoms with E-state index in [0.29, 0.717) is 22.1 Å². The van der Waals surface area contributed by atoms with Gasteiger partial charge in [0.15, 0.2) is 0 Å². The largest absolute Gasteiger partial charge is 0.495 e. The number of benzene rings is 2. The van der Waals surface area contributed by atoms with Crippen molar-refractivity contribution in [3.63, 3.8) is 0 Å². The maximum Gasteiger partial charge on any atom is 0.257 e. The van der Waals surface area contributed by atoms with Gasteiger partial charge in [-0.3, -0.25) is 9.10 Å². The average molecular weight is 403 g/mol. The summed E-state index contributed by atoms with van der Waals surface area (Å²) in [5, 5.41) is 3.23. The Balaban J connectivity index is 2.31. The van der Waals surface area contributed by atoms with Crippen molar-refractivity contribution >= 4 is 50.5 Å². The second kappa shape index (κ2) is 7.51. The first-order chi connectivity index (χ1) is 11.6. The lowest BCUT2D eigenvalue weighted by Crippen LogP contribution is -2.25. The highest BCUT2D eigenvalue weighted by Crippen LogP contribution is 2.30. The van der Waals surface area contributed by atoms with E-state index in [0.717, 1.165) is 10.6 Å². The number of carbonyl (C=O) groups excluding carboxylic acids is 1. The molecule has 0 atom stereocenters. The van der Waals surface area contributed by atoms with Crippen LogP contribution in [0.2, 0.25) is 10.0 Å². The van der Waals surface area contributed by atoms with Gasteiger partial charge in [0.05, 0.1) is 35.3 Å². The number of ether oxygens (including phenoxy) is 1. The summed E-state index contributed by atoms with van der Waals surface area (Å²) in [6.07, 6.45) is 1.08. The predicted molar refractivity (Wildman–Crippen MR) is 101 cm³/mol. The summed E-state index contributed by atoms with van der Waals surface area (Å²) in [5.74, 6) is -0.0265. The second-order valence-corrected chi connectivity index (χ2v) is 8.05. The van der Waals surface area contributed by atoms with Gasteiger partial charge in [0.2, 0.25) is 10.0 Å². The van der Waals surface area contributed by atoms with E-state index in [1.165, 1.54) is 32.4 Å². The van der Waals surface area contributed by atoms with Crippen LogP contribution in [0, 0.1) is 0 Å². The molecule has 0 fully saturated rings. The Labute approximate surface area is 156 Å². The highest BCUT2D eigenvalue weighted by Gasteiger charge is 2.17.